The summed E-state index contributed by atoms with van der Waals surface area (Å²) in [5, 5.41) is 0. The first kappa shape index (κ1) is 10.0. The number of hydrogen-bond donors (Lipinski definition) is 3. The number of hydrogen-bond acceptors (Lipinski definition) is 4. The minimum absolute atomic E-state index is 0.816. The number of phosphoric acid groups is 1. The van der Waals surface area contributed by atoms with Gasteiger partial charge in [0.1, 0.15) is 4.79 Å². The van der Waals surface area contributed by atoms with E-state index in [0.717, 1.165) is 6.92 Å². The largest absolute Gasteiger partial charge is 0.576 e. The zero-order chi connectivity index (χ0) is 9.07. The lowest BCUT2D eigenvalue weighted by atomic mass is 10.5. The zero-order valence-electron chi connectivity index (χ0n) is 5.51. The highest BCUT2D eigenvalue weighted by molar-refractivity contribution is 7.47. The van der Waals surface area contributed by atoms with Crippen LogP contribution in [-0.2, 0) is 13.9 Å². The third-order valence-electron chi connectivity index (χ3n) is 0.608. The zero-order valence-corrected chi connectivity index (χ0v) is 6.41. The van der Waals surface area contributed by atoms with Gasteiger partial charge in [0.05, 0.1) is 5.53 Å². The van der Waals surface area contributed by atoms with Gasteiger partial charge in [0, 0.05) is 6.92 Å². The van der Waals surface area contributed by atoms with Crippen molar-refractivity contribution < 1.29 is 28.5 Å². The van der Waals surface area contributed by atoms with Crippen molar-refractivity contribution >= 4 is 19.5 Å². The van der Waals surface area contributed by atoms with Crippen LogP contribution in [0.15, 0.2) is 0 Å². The van der Waals surface area contributed by atoms with Crippen molar-refractivity contribution in [2.75, 3.05) is 0 Å². The molecule has 62 valence electrons. The fourth-order valence-corrected chi connectivity index (χ4v) is 0.671. The molecule has 0 bridgehead atoms. The van der Waals surface area contributed by atoms with Crippen molar-refractivity contribution in [1.29, 1.82) is 5.53 Å². The molecule has 0 saturated heterocycles. The van der Waals surface area contributed by atoms with Gasteiger partial charge in [0.25, 0.3) is 5.78 Å². The molecule has 0 radical (unpaired) electrons. The Hall–Kier alpha value is -1.00. The van der Waals surface area contributed by atoms with Gasteiger partial charge in [-0.25, -0.2) is 4.57 Å². The smallest absolute Gasteiger partial charge is 0.330 e. The summed E-state index contributed by atoms with van der Waals surface area (Å²) in [7, 11) is -4.76. The summed E-state index contributed by atoms with van der Waals surface area (Å²) < 4.78 is 13.8. The lowest BCUT2D eigenvalue weighted by Crippen LogP contribution is -2.13. The van der Waals surface area contributed by atoms with Gasteiger partial charge in [-0.2, -0.15) is 0 Å². The first-order valence-corrected chi connectivity index (χ1v) is 3.90. The quantitative estimate of drug-likeness (QED) is 0.171. The Bertz CT molecular complexity index is 261. The van der Waals surface area contributed by atoms with E-state index in [4.69, 9.17) is 15.3 Å². The number of nitrogens with zero attached hydrogens (tertiary/aromatic N) is 1. The van der Waals surface area contributed by atoms with Gasteiger partial charge < -0.3 is 4.52 Å². The molecule has 0 aromatic rings. The maximum Gasteiger partial charge on any atom is 0.576 e. The summed E-state index contributed by atoms with van der Waals surface area (Å²) in [4.78, 5) is 29.1. The summed E-state index contributed by atoms with van der Waals surface area (Å²) in [6, 6.07) is 0. The molecule has 3 N–H and O–H groups in total. The third-order valence-corrected chi connectivity index (χ3v) is 1.02. The van der Waals surface area contributed by atoms with Gasteiger partial charge in [-0.05, 0) is 0 Å². The van der Waals surface area contributed by atoms with Crippen molar-refractivity contribution in [2.24, 2.45) is 0 Å². The maximum atomic E-state index is 10.3. The highest BCUT2D eigenvalue weighted by Crippen LogP contribution is 2.35. The maximum absolute atomic E-state index is 10.3. The van der Waals surface area contributed by atoms with Gasteiger partial charge >= 0.3 is 13.7 Å². The van der Waals surface area contributed by atoms with E-state index in [1.165, 1.54) is 0 Å². The number of carbonyl (C=O) groups is 1. The van der Waals surface area contributed by atoms with Crippen LogP contribution in [0.25, 0.3) is 0 Å². The van der Waals surface area contributed by atoms with Gasteiger partial charge in [-0.3, -0.25) is 14.6 Å². The standard InChI is InChI=1S/C3H5N2O5P/c1-2(6)3(5-4)10-11(7,8)9/h4H,1H3,(H-,7,8,9)/p+1. The molecule has 8 heteroatoms. The van der Waals surface area contributed by atoms with Crippen LogP contribution in [0, 0.1) is 5.53 Å². The second-order valence-corrected chi connectivity index (χ2v) is 2.72. The van der Waals surface area contributed by atoms with Crippen molar-refractivity contribution in [3.63, 3.8) is 0 Å². The summed E-state index contributed by atoms with van der Waals surface area (Å²) in [5.74, 6) is -1.72. The van der Waals surface area contributed by atoms with E-state index in [-0.39, 0.29) is 0 Å². The van der Waals surface area contributed by atoms with Crippen molar-refractivity contribution in [2.45, 2.75) is 6.92 Å². The number of ketones is 1. The minimum atomic E-state index is -4.76. The summed E-state index contributed by atoms with van der Waals surface area (Å²) in [6.45, 7) is 0.975. The fourth-order valence-electron chi connectivity index (χ4n) is 0.276. The van der Waals surface area contributed by atoms with Crippen LogP contribution in [0.1, 0.15) is 6.92 Å². The first-order valence-electron chi connectivity index (χ1n) is 2.37. The molecule has 0 aliphatic carbocycles. The van der Waals surface area contributed by atoms with Crippen LogP contribution >= 0.6 is 7.82 Å². The molecule has 0 unspecified atom stereocenters. The number of nitrogens with one attached hydrogen (secondary N) is 1. The van der Waals surface area contributed by atoms with Crippen LogP contribution in [0.3, 0.4) is 0 Å². The lowest BCUT2D eigenvalue weighted by molar-refractivity contribution is -0.148. The Morgan fingerprint density at radius 2 is 2.09 bits per heavy atom. The number of phosphoric ester groups is 1. The molecule has 0 atom stereocenters. The molecule has 0 aliphatic heterocycles. The summed E-state index contributed by atoms with van der Waals surface area (Å²) in [5.41, 5.74) is 6.27. The number of rotatable bonds is 2. The van der Waals surface area contributed by atoms with E-state index in [9.17, 15) is 9.36 Å². The average Bonchev–Trinajstić information content (AvgIpc) is 1.80. The van der Waals surface area contributed by atoms with E-state index in [1.807, 2.05) is 0 Å². The second-order valence-electron chi connectivity index (χ2n) is 1.56. The Morgan fingerprint density at radius 1 is 1.64 bits per heavy atom. The molecule has 7 nitrogen and oxygen atoms in total. The lowest BCUT2D eigenvalue weighted by Gasteiger charge is -1.96. The average molecular weight is 181 g/mol. The third kappa shape index (κ3) is 4.41. The van der Waals surface area contributed by atoms with Crippen LogP contribution in [-0.4, -0.2) is 26.3 Å². The SMILES string of the molecule is CC(=O)C(=[N+]=N)OP(=O)(O)O. The van der Waals surface area contributed by atoms with Crippen LogP contribution in [0.2, 0.25) is 0 Å². The van der Waals surface area contributed by atoms with E-state index in [1.54, 1.807) is 0 Å². The topological polar surface area (TPSA) is 122 Å². The molecule has 0 aliphatic rings. The second kappa shape index (κ2) is 3.41. The van der Waals surface area contributed by atoms with Crippen molar-refractivity contribution in [3.8, 4) is 0 Å². The van der Waals surface area contributed by atoms with Gasteiger partial charge in [-0.1, -0.05) is 0 Å². The Kier molecular flexibility index (Phi) is 3.10. The molecule has 11 heavy (non-hydrogen) atoms. The van der Waals surface area contributed by atoms with Crippen molar-refractivity contribution in [1.82, 2.24) is 0 Å². The number of carbonyl (C=O) groups excluding carboxylic acids is 1. The molecule has 0 saturated carbocycles. The molecular weight excluding hydrogens is 175 g/mol. The van der Waals surface area contributed by atoms with Gasteiger partial charge in [0.2, 0.25) is 0 Å². The summed E-state index contributed by atoms with van der Waals surface area (Å²) in [6.07, 6.45) is 0. The van der Waals surface area contributed by atoms with Crippen LogP contribution in [0.5, 0.6) is 0 Å². The fraction of sp³-hybridized carbons (Fsp3) is 0.333. The number of Topliss-reactive ketones (excluding diaryl/α,β-unsaturated/α-hetero) is 1. The van der Waals surface area contributed by atoms with E-state index >= 15 is 0 Å². The van der Waals surface area contributed by atoms with E-state index in [2.05, 4.69) is 9.31 Å². The van der Waals surface area contributed by atoms with Crippen LogP contribution in [0.4, 0.5) is 0 Å². The molecule has 0 aromatic carbocycles. The van der Waals surface area contributed by atoms with Gasteiger partial charge in [0.15, 0.2) is 0 Å². The predicted octanol–water partition coefficient (Wildman–Crippen LogP) is -0.678. The minimum Gasteiger partial charge on any atom is -0.330 e. The van der Waals surface area contributed by atoms with E-state index in [0.29, 0.717) is 0 Å². The monoisotopic (exact) mass is 181 g/mol. The molecule has 0 aromatic heterocycles. The Morgan fingerprint density at radius 3 is 2.18 bits per heavy atom. The van der Waals surface area contributed by atoms with Gasteiger partial charge in [-0.15, -0.1) is 0 Å². The van der Waals surface area contributed by atoms with E-state index < -0.39 is 19.5 Å². The highest BCUT2D eigenvalue weighted by atomic mass is 31.2. The molecule has 0 heterocycles. The molecular formula is C3H6N2O5P+. The van der Waals surface area contributed by atoms with Crippen LogP contribution < -0.4 is 0 Å². The normalized spacial score (nSPS) is 10.1. The first-order chi connectivity index (χ1) is 4.87. The summed E-state index contributed by atoms with van der Waals surface area (Å²) >= 11 is 0. The predicted molar refractivity (Wildman–Crippen MR) is 31.8 cm³/mol. The molecule has 0 amide bonds. The molecule has 0 rings (SSSR count). The molecule has 0 spiro atoms. The Labute approximate surface area is 61.5 Å². The highest BCUT2D eigenvalue weighted by Gasteiger charge is 2.30. The Balaban J connectivity index is 4.50. The van der Waals surface area contributed by atoms with Crippen molar-refractivity contribution in [3.05, 3.63) is 0 Å². The molecule has 0 fully saturated rings.